The monoisotopic (exact) mass is 329 g/mol. The number of rotatable bonds is 3. The van der Waals surface area contributed by atoms with Gasteiger partial charge < -0.3 is 4.90 Å². The molecule has 0 saturated carbocycles. The molecule has 0 aliphatic carbocycles. The topological polar surface area (TPSA) is 64.4 Å². The number of sulfonamides is 1. The quantitative estimate of drug-likeness (QED) is 0.846. The fraction of sp³-hybridized carbons (Fsp3) is 0.500. The third-order valence-electron chi connectivity index (χ3n) is 3.84. The Labute approximate surface area is 132 Å². The molecule has 1 aromatic rings. The van der Waals surface area contributed by atoms with Crippen molar-refractivity contribution in [3.63, 3.8) is 0 Å². The highest BCUT2D eigenvalue weighted by atomic mass is 35.5. The molecule has 0 N–H and O–H groups in total. The van der Waals surface area contributed by atoms with E-state index >= 15 is 0 Å². The third kappa shape index (κ3) is 3.95. The summed E-state index contributed by atoms with van der Waals surface area (Å²) in [4.78, 5) is 2.39. The van der Waals surface area contributed by atoms with Crippen LogP contribution in [-0.2, 0) is 10.0 Å². The average molecular weight is 330 g/mol. The van der Waals surface area contributed by atoms with E-state index in [1.54, 1.807) is 25.2 Å². The molecular formula is C14H20ClN3O2S. The van der Waals surface area contributed by atoms with E-state index in [1.807, 2.05) is 13.1 Å². The van der Waals surface area contributed by atoms with Crippen molar-refractivity contribution in [3.8, 4) is 6.07 Å². The van der Waals surface area contributed by atoms with Crippen LogP contribution >= 0.6 is 12.4 Å². The minimum atomic E-state index is -3.52. The van der Waals surface area contributed by atoms with Gasteiger partial charge in [0.15, 0.2) is 0 Å². The molecule has 0 aromatic heterocycles. The molecule has 1 heterocycles. The fourth-order valence-electron chi connectivity index (χ4n) is 2.45. The lowest BCUT2D eigenvalue weighted by Crippen LogP contribution is -2.44. The van der Waals surface area contributed by atoms with Crippen LogP contribution in [0.5, 0.6) is 0 Å². The summed E-state index contributed by atoms with van der Waals surface area (Å²) in [5.41, 5.74) is 0.364. The van der Waals surface area contributed by atoms with Gasteiger partial charge in [0.1, 0.15) is 0 Å². The maximum atomic E-state index is 12.6. The molecule has 1 aliphatic heterocycles. The Morgan fingerprint density at radius 3 is 2.52 bits per heavy atom. The van der Waals surface area contributed by atoms with Crippen molar-refractivity contribution in [2.75, 3.05) is 27.2 Å². The van der Waals surface area contributed by atoms with Crippen LogP contribution in [0.1, 0.15) is 18.4 Å². The van der Waals surface area contributed by atoms with Crippen LogP contribution in [0.25, 0.3) is 0 Å². The predicted octanol–water partition coefficient (Wildman–Crippen LogP) is 1.69. The van der Waals surface area contributed by atoms with Gasteiger partial charge in [0.2, 0.25) is 10.0 Å². The molecule has 0 radical (unpaired) electrons. The van der Waals surface area contributed by atoms with Gasteiger partial charge in [0.05, 0.1) is 16.5 Å². The van der Waals surface area contributed by atoms with Gasteiger partial charge >= 0.3 is 0 Å². The molecule has 0 bridgehead atoms. The third-order valence-corrected chi connectivity index (χ3v) is 5.75. The maximum Gasteiger partial charge on any atom is 0.243 e. The second-order valence-electron chi connectivity index (χ2n) is 5.20. The van der Waals surface area contributed by atoms with Crippen LogP contribution in [0.4, 0.5) is 0 Å². The lowest BCUT2D eigenvalue weighted by Gasteiger charge is -2.34. The zero-order valence-corrected chi connectivity index (χ0v) is 13.8. The summed E-state index contributed by atoms with van der Waals surface area (Å²) in [6, 6.07) is 8.19. The van der Waals surface area contributed by atoms with E-state index in [0.717, 1.165) is 25.9 Å². The molecule has 7 heteroatoms. The van der Waals surface area contributed by atoms with Crippen molar-refractivity contribution in [2.45, 2.75) is 23.8 Å². The van der Waals surface area contributed by atoms with Gasteiger partial charge in [-0.1, -0.05) is 6.07 Å². The Morgan fingerprint density at radius 1 is 1.33 bits per heavy atom. The number of likely N-dealkylation sites (tertiary alicyclic amines) is 1. The number of hydrogen-bond donors (Lipinski definition) is 0. The number of benzene rings is 1. The van der Waals surface area contributed by atoms with Crippen molar-refractivity contribution in [1.29, 1.82) is 5.26 Å². The Balaban J connectivity index is 0.00000220. The second-order valence-corrected chi connectivity index (χ2v) is 7.19. The van der Waals surface area contributed by atoms with E-state index in [1.165, 1.54) is 10.4 Å². The van der Waals surface area contributed by atoms with Gasteiger partial charge in [0, 0.05) is 13.1 Å². The summed E-state index contributed by atoms with van der Waals surface area (Å²) >= 11 is 0. The van der Waals surface area contributed by atoms with Crippen LogP contribution in [0, 0.1) is 11.3 Å². The Morgan fingerprint density at radius 2 is 1.95 bits per heavy atom. The first-order valence-electron chi connectivity index (χ1n) is 6.62. The van der Waals surface area contributed by atoms with Gasteiger partial charge in [-0.25, -0.2) is 8.42 Å². The molecule has 2 rings (SSSR count). The first kappa shape index (κ1) is 17.9. The van der Waals surface area contributed by atoms with E-state index in [9.17, 15) is 8.42 Å². The molecule has 1 aliphatic rings. The van der Waals surface area contributed by atoms with Crippen LogP contribution in [-0.4, -0.2) is 50.8 Å². The molecule has 1 saturated heterocycles. The molecule has 21 heavy (non-hydrogen) atoms. The van der Waals surface area contributed by atoms with Crippen molar-refractivity contribution < 1.29 is 8.42 Å². The predicted molar refractivity (Wildman–Crippen MR) is 83.9 cm³/mol. The fourth-order valence-corrected chi connectivity index (χ4v) is 3.91. The Hall–Kier alpha value is -1.13. The summed E-state index contributed by atoms with van der Waals surface area (Å²) in [6.45, 7) is 1.81. The van der Waals surface area contributed by atoms with E-state index < -0.39 is 10.0 Å². The first-order chi connectivity index (χ1) is 9.45. The molecule has 5 nitrogen and oxygen atoms in total. The van der Waals surface area contributed by atoms with Crippen LogP contribution in [0.2, 0.25) is 0 Å². The highest BCUT2D eigenvalue weighted by Gasteiger charge is 2.30. The van der Waals surface area contributed by atoms with E-state index in [0.29, 0.717) is 5.56 Å². The van der Waals surface area contributed by atoms with Crippen molar-refractivity contribution in [1.82, 2.24) is 9.21 Å². The largest absolute Gasteiger partial charge is 0.306 e. The lowest BCUT2D eigenvalue weighted by atomic mass is 10.1. The smallest absolute Gasteiger partial charge is 0.243 e. The second kappa shape index (κ2) is 7.23. The first-order valence-corrected chi connectivity index (χ1v) is 8.06. The Kier molecular flexibility index (Phi) is 6.17. The molecule has 0 spiro atoms. The van der Waals surface area contributed by atoms with Crippen molar-refractivity contribution in [2.24, 2.45) is 0 Å². The van der Waals surface area contributed by atoms with Gasteiger partial charge in [-0.2, -0.15) is 9.57 Å². The summed E-state index contributed by atoms with van der Waals surface area (Å²) in [7, 11) is 0.147. The maximum absolute atomic E-state index is 12.6. The normalized spacial score (nSPS) is 17.2. The standard InChI is InChI=1S/C14H19N3O2S.ClH/c1-16-8-6-13(7-9-16)17(2)20(18,19)14-5-3-4-12(10-14)11-15;/h3-5,10,13H,6-9H2,1-2H3;1H. The van der Waals surface area contributed by atoms with E-state index in [-0.39, 0.29) is 23.3 Å². The molecule has 1 fully saturated rings. The number of nitriles is 1. The van der Waals surface area contributed by atoms with E-state index in [2.05, 4.69) is 4.90 Å². The molecular weight excluding hydrogens is 310 g/mol. The Bertz CT molecular complexity index is 619. The highest BCUT2D eigenvalue weighted by Crippen LogP contribution is 2.22. The number of halogens is 1. The SMILES string of the molecule is CN1CCC(N(C)S(=O)(=O)c2cccc(C#N)c2)CC1.Cl. The number of piperidine rings is 1. The molecule has 1 aromatic carbocycles. The number of hydrogen-bond acceptors (Lipinski definition) is 4. The minimum absolute atomic E-state index is 0. The van der Waals surface area contributed by atoms with Gasteiger partial charge in [-0.15, -0.1) is 12.4 Å². The molecule has 0 amide bonds. The summed E-state index contributed by atoms with van der Waals surface area (Å²) in [5.74, 6) is 0. The molecule has 116 valence electrons. The lowest BCUT2D eigenvalue weighted by molar-refractivity contribution is 0.197. The summed E-state index contributed by atoms with van der Waals surface area (Å²) < 4.78 is 26.6. The summed E-state index contributed by atoms with van der Waals surface area (Å²) in [5, 5.41) is 8.88. The summed E-state index contributed by atoms with van der Waals surface area (Å²) in [6.07, 6.45) is 1.67. The van der Waals surface area contributed by atoms with Crippen molar-refractivity contribution >= 4 is 22.4 Å². The van der Waals surface area contributed by atoms with Gasteiger partial charge in [-0.3, -0.25) is 0 Å². The highest BCUT2D eigenvalue weighted by molar-refractivity contribution is 7.89. The number of nitrogens with zero attached hydrogens (tertiary/aromatic N) is 3. The van der Waals surface area contributed by atoms with Crippen LogP contribution in [0.15, 0.2) is 29.2 Å². The van der Waals surface area contributed by atoms with Crippen LogP contribution in [0.3, 0.4) is 0 Å². The molecule has 0 atom stereocenters. The molecule has 0 unspecified atom stereocenters. The van der Waals surface area contributed by atoms with Gasteiger partial charge in [0.25, 0.3) is 0 Å². The van der Waals surface area contributed by atoms with Crippen LogP contribution < -0.4 is 0 Å². The van der Waals surface area contributed by atoms with Crippen molar-refractivity contribution in [3.05, 3.63) is 29.8 Å². The zero-order chi connectivity index (χ0) is 14.8. The minimum Gasteiger partial charge on any atom is -0.306 e. The van der Waals surface area contributed by atoms with Gasteiger partial charge in [-0.05, 0) is 51.2 Å². The average Bonchev–Trinajstić information content (AvgIpc) is 2.47. The van der Waals surface area contributed by atoms with E-state index in [4.69, 9.17) is 5.26 Å². The zero-order valence-electron chi connectivity index (χ0n) is 12.2.